The minimum atomic E-state index is -2.91. The van der Waals surface area contributed by atoms with Crippen LogP contribution in [-0.2, 0) is 9.84 Å². The van der Waals surface area contributed by atoms with E-state index in [0.29, 0.717) is 24.2 Å². The molecule has 1 aromatic rings. The van der Waals surface area contributed by atoms with E-state index in [0.717, 1.165) is 0 Å². The fourth-order valence-corrected chi connectivity index (χ4v) is 3.58. The van der Waals surface area contributed by atoms with Crippen molar-refractivity contribution in [3.05, 3.63) is 28.3 Å². The normalized spacial score (nSPS) is 18.9. The number of nitrogens with zero attached hydrogens (tertiary/aromatic N) is 1. The molecule has 19 heavy (non-hydrogen) atoms. The predicted octanol–water partition coefficient (Wildman–Crippen LogP) is 1.17. The third-order valence-corrected chi connectivity index (χ3v) is 4.79. The molecule has 0 aromatic heterocycles. The summed E-state index contributed by atoms with van der Waals surface area (Å²) in [6.07, 6.45) is 1.01. The first-order valence-electron chi connectivity index (χ1n) is 5.88. The summed E-state index contributed by atoms with van der Waals surface area (Å²) < 4.78 is 22.6. The highest BCUT2D eigenvalue weighted by atomic mass is 32.2. The average molecular weight is 285 g/mol. The van der Waals surface area contributed by atoms with Crippen LogP contribution in [0.4, 0.5) is 17.1 Å². The number of nitro benzene ring substituents is 1. The van der Waals surface area contributed by atoms with E-state index in [1.165, 1.54) is 12.1 Å². The standard InChI is InChI=1S/C11H15N3O4S/c12-8-5-10(7-11(6-8)14(15)16)13-9-1-3-19(17,18)4-2-9/h5-7,9,13H,1-4,12H2. The van der Waals surface area contributed by atoms with Crippen LogP contribution in [0.15, 0.2) is 18.2 Å². The lowest BCUT2D eigenvalue weighted by molar-refractivity contribution is -0.384. The second-order valence-electron chi connectivity index (χ2n) is 4.64. The number of nitrogens with two attached hydrogens (primary N) is 1. The van der Waals surface area contributed by atoms with Gasteiger partial charge in [0.2, 0.25) is 0 Å². The molecule has 0 spiro atoms. The molecule has 0 atom stereocenters. The third kappa shape index (κ3) is 3.57. The Hall–Kier alpha value is -1.83. The molecule has 0 aliphatic carbocycles. The van der Waals surface area contributed by atoms with Crippen molar-refractivity contribution < 1.29 is 13.3 Å². The molecule has 1 aliphatic heterocycles. The number of nitrogens with one attached hydrogen (secondary N) is 1. The average Bonchev–Trinajstić information content (AvgIpc) is 2.31. The van der Waals surface area contributed by atoms with E-state index in [-0.39, 0.29) is 23.2 Å². The number of non-ortho nitro benzene ring substituents is 1. The summed E-state index contributed by atoms with van der Waals surface area (Å²) in [4.78, 5) is 10.2. The molecule has 0 radical (unpaired) electrons. The Morgan fingerprint density at radius 2 is 1.89 bits per heavy atom. The lowest BCUT2D eigenvalue weighted by Gasteiger charge is -2.24. The van der Waals surface area contributed by atoms with Crippen molar-refractivity contribution in [1.29, 1.82) is 0 Å². The lowest BCUT2D eigenvalue weighted by Crippen LogP contribution is -2.32. The van der Waals surface area contributed by atoms with Crippen molar-refractivity contribution in [3.63, 3.8) is 0 Å². The van der Waals surface area contributed by atoms with Gasteiger partial charge in [-0.3, -0.25) is 10.1 Å². The maximum atomic E-state index is 11.3. The summed E-state index contributed by atoms with van der Waals surface area (Å²) >= 11 is 0. The molecule has 7 nitrogen and oxygen atoms in total. The number of rotatable bonds is 3. The number of nitro groups is 1. The summed E-state index contributed by atoms with van der Waals surface area (Å²) in [5.41, 5.74) is 6.38. The summed E-state index contributed by atoms with van der Waals surface area (Å²) in [7, 11) is -2.91. The van der Waals surface area contributed by atoms with Crippen molar-refractivity contribution in [3.8, 4) is 0 Å². The van der Waals surface area contributed by atoms with Gasteiger partial charge in [-0.1, -0.05) is 0 Å². The Bertz CT molecular complexity index is 586. The van der Waals surface area contributed by atoms with Gasteiger partial charge in [0, 0.05) is 29.5 Å². The van der Waals surface area contributed by atoms with Crippen LogP contribution in [0.25, 0.3) is 0 Å². The second-order valence-corrected chi connectivity index (χ2v) is 6.94. The summed E-state index contributed by atoms with van der Waals surface area (Å²) in [5.74, 6) is 0.296. The molecular weight excluding hydrogens is 270 g/mol. The summed E-state index contributed by atoms with van der Waals surface area (Å²) in [6.45, 7) is 0. The predicted molar refractivity (Wildman–Crippen MR) is 72.8 cm³/mol. The summed E-state index contributed by atoms with van der Waals surface area (Å²) in [6, 6.07) is 4.30. The minimum absolute atomic E-state index is 0.00456. The van der Waals surface area contributed by atoms with Crippen LogP contribution in [-0.4, -0.2) is 30.9 Å². The number of anilines is 2. The van der Waals surface area contributed by atoms with Crippen molar-refractivity contribution in [2.24, 2.45) is 0 Å². The molecule has 0 amide bonds. The fraction of sp³-hybridized carbons (Fsp3) is 0.455. The molecule has 104 valence electrons. The number of sulfone groups is 1. The molecule has 2 rings (SSSR count). The Morgan fingerprint density at radius 3 is 2.47 bits per heavy atom. The quantitative estimate of drug-likeness (QED) is 0.489. The Morgan fingerprint density at radius 1 is 1.26 bits per heavy atom. The fourth-order valence-electron chi connectivity index (χ4n) is 2.09. The highest BCUT2D eigenvalue weighted by molar-refractivity contribution is 7.91. The van der Waals surface area contributed by atoms with E-state index in [1.807, 2.05) is 0 Å². The van der Waals surface area contributed by atoms with Crippen LogP contribution in [0, 0.1) is 10.1 Å². The topological polar surface area (TPSA) is 115 Å². The van der Waals surface area contributed by atoms with E-state index in [1.54, 1.807) is 6.07 Å². The zero-order valence-electron chi connectivity index (χ0n) is 10.2. The van der Waals surface area contributed by atoms with Crippen LogP contribution in [0.1, 0.15) is 12.8 Å². The molecule has 0 saturated carbocycles. The van der Waals surface area contributed by atoms with Gasteiger partial charge in [-0.2, -0.15) is 0 Å². The molecule has 1 aliphatic rings. The SMILES string of the molecule is Nc1cc(NC2CCS(=O)(=O)CC2)cc([N+](=O)[O-])c1. The van der Waals surface area contributed by atoms with Crippen LogP contribution in [0.5, 0.6) is 0 Å². The lowest BCUT2D eigenvalue weighted by atomic mass is 10.1. The van der Waals surface area contributed by atoms with Crippen LogP contribution in [0.2, 0.25) is 0 Å². The van der Waals surface area contributed by atoms with Gasteiger partial charge in [0.25, 0.3) is 5.69 Å². The molecule has 0 unspecified atom stereocenters. The first kappa shape index (κ1) is 13.6. The van der Waals surface area contributed by atoms with Gasteiger partial charge < -0.3 is 11.1 Å². The van der Waals surface area contributed by atoms with Crippen molar-refractivity contribution in [1.82, 2.24) is 0 Å². The Kier molecular flexibility index (Phi) is 3.61. The van der Waals surface area contributed by atoms with E-state index >= 15 is 0 Å². The highest BCUT2D eigenvalue weighted by Crippen LogP contribution is 2.25. The molecular formula is C11H15N3O4S. The Labute approximate surface area is 110 Å². The number of hydrogen-bond donors (Lipinski definition) is 2. The minimum Gasteiger partial charge on any atom is -0.398 e. The van der Waals surface area contributed by atoms with E-state index < -0.39 is 14.8 Å². The number of hydrogen-bond acceptors (Lipinski definition) is 6. The van der Waals surface area contributed by atoms with Gasteiger partial charge in [0.15, 0.2) is 0 Å². The van der Waals surface area contributed by atoms with Gasteiger partial charge in [-0.25, -0.2) is 8.42 Å². The smallest absolute Gasteiger partial charge is 0.273 e. The zero-order valence-corrected chi connectivity index (χ0v) is 11.0. The van der Waals surface area contributed by atoms with Crippen LogP contribution < -0.4 is 11.1 Å². The third-order valence-electron chi connectivity index (χ3n) is 3.08. The number of nitrogen functional groups attached to an aromatic ring is 1. The monoisotopic (exact) mass is 285 g/mol. The van der Waals surface area contributed by atoms with Crippen molar-refractivity contribution in [2.75, 3.05) is 22.6 Å². The zero-order chi connectivity index (χ0) is 14.0. The van der Waals surface area contributed by atoms with E-state index in [4.69, 9.17) is 5.73 Å². The molecule has 1 fully saturated rings. The summed E-state index contributed by atoms with van der Waals surface area (Å²) in [5, 5.41) is 13.8. The maximum absolute atomic E-state index is 11.3. The van der Waals surface area contributed by atoms with Crippen LogP contribution >= 0.6 is 0 Å². The van der Waals surface area contributed by atoms with Gasteiger partial charge in [-0.05, 0) is 18.9 Å². The molecule has 1 aromatic carbocycles. The van der Waals surface area contributed by atoms with E-state index in [2.05, 4.69) is 5.32 Å². The first-order chi connectivity index (χ1) is 8.85. The van der Waals surface area contributed by atoms with E-state index in [9.17, 15) is 18.5 Å². The Balaban J connectivity index is 2.09. The molecule has 1 saturated heterocycles. The van der Waals surface area contributed by atoms with Crippen molar-refractivity contribution in [2.45, 2.75) is 18.9 Å². The van der Waals surface area contributed by atoms with Gasteiger partial charge in [-0.15, -0.1) is 0 Å². The van der Waals surface area contributed by atoms with Gasteiger partial charge in [0.05, 0.1) is 16.4 Å². The molecule has 3 N–H and O–H groups in total. The number of benzene rings is 1. The van der Waals surface area contributed by atoms with Gasteiger partial charge in [0.1, 0.15) is 9.84 Å². The van der Waals surface area contributed by atoms with Crippen molar-refractivity contribution >= 4 is 26.9 Å². The first-order valence-corrected chi connectivity index (χ1v) is 7.70. The maximum Gasteiger partial charge on any atom is 0.273 e. The van der Waals surface area contributed by atoms with Gasteiger partial charge >= 0.3 is 0 Å². The molecule has 8 heteroatoms. The second kappa shape index (κ2) is 5.04. The molecule has 0 bridgehead atoms. The van der Waals surface area contributed by atoms with Crippen LogP contribution in [0.3, 0.4) is 0 Å². The largest absolute Gasteiger partial charge is 0.398 e. The highest BCUT2D eigenvalue weighted by Gasteiger charge is 2.23. The molecule has 1 heterocycles.